The van der Waals surface area contributed by atoms with Crippen molar-refractivity contribution >= 4 is 35.6 Å². The molecule has 0 aliphatic carbocycles. The van der Waals surface area contributed by atoms with E-state index < -0.39 is 0 Å². The van der Waals surface area contributed by atoms with E-state index in [1.54, 1.807) is 0 Å². The number of hydrogen-bond acceptors (Lipinski definition) is 0. The van der Waals surface area contributed by atoms with Crippen molar-refractivity contribution in [1.82, 2.24) is 0 Å². The first-order valence-electron chi connectivity index (χ1n) is 5.51. The van der Waals surface area contributed by atoms with Crippen molar-refractivity contribution in [2.24, 2.45) is 0 Å². The first kappa shape index (κ1) is 16.9. The van der Waals surface area contributed by atoms with Gasteiger partial charge in [-0.15, -0.1) is 27.7 Å². The smallest absolute Gasteiger partial charge is 0.00796 e. The number of rotatable bonds is 3. The Kier molecular flexibility index (Phi) is 10.5. The van der Waals surface area contributed by atoms with Gasteiger partial charge in [0.25, 0.3) is 0 Å². The summed E-state index contributed by atoms with van der Waals surface area (Å²) in [5, 5.41) is 2.32. The van der Waals surface area contributed by atoms with Gasteiger partial charge in [0, 0.05) is 0 Å². The maximum Gasteiger partial charge on any atom is -0.00796 e. The van der Waals surface area contributed by atoms with Gasteiger partial charge in [0.2, 0.25) is 0 Å². The van der Waals surface area contributed by atoms with Gasteiger partial charge in [-0.1, -0.05) is 65.1 Å². The lowest BCUT2D eigenvalue weighted by Crippen LogP contribution is -2.04. The van der Waals surface area contributed by atoms with Gasteiger partial charge in [0.1, 0.15) is 0 Å². The quantitative estimate of drug-likeness (QED) is 0.701. The van der Waals surface area contributed by atoms with E-state index in [-0.39, 0.29) is 7.92 Å². The second-order valence-electron chi connectivity index (χ2n) is 3.82. The van der Waals surface area contributed by atoms with Gasteiger partial charge in [0.15, 0.2) is 0 Å². The normalized spacial score (nSPS) is 17.6. The minimum atomic E-state index is 0.151. The van der Waals surface area contributed by atoms with Crippen molar-refractivity contribution in [2.75, 3.05) is 0 Å². The largest absolute Gasteiger partial charge is 0.130 e. The number of benzene rings is 1. The highest BCUT2D eigenvalue weighted by Crippen LogP contribution is 2.57. The van der Waals surface area contributed by atoms with Crippen molar-refractivity contribution in [3.63, 3.8) is 0 Å². The molecule has 0 saturated heterocycles. The molecule has 0 amide bonds. The van der Waals surface area contributed by atoms with Crippen molar-refractivity contribution < 1.29 is 0 Å². The van der Waals surface area contributed by atoms with Crippen LogP contribution in [0.15, 0.2) is 36.4 Å². The van der Waals surface area contributed by atoms with E-state index in [0.717, 1.165) is 16.2 Å². The summed E-state index contributed by atoms with van der Waals surface area (Å²) in [6.07, 6.45) is 0. The Morgan fingerprint density at radius 3 is 0.875 bits per heavy atom. The van der Waals surface area contributed by atoms with Crippen LogP contribution >= 0.6 is 35.6 Å². The topological polar surface area (TPSA) is 0 Å². The summed E-state index contributed by atoms with van der Waals surface area (Å²) in [5.41, 5.74) is 0. The molecule has 0 saturated carbocycles. The van der Waals surface area contributed by atoms with E-state index in [9.17, 15) is 0 Å². The van der Waals surface area contributed by atoms with Gasteiger partial charge in [-0.25, -0.2) is 0 Å². The monoisotopic (exact) mass is 292 g/mol. The lowest BCUT2D eigenvalue weighted by molar-refractivity contribution is 1.24. The van der Waals surface area contributed by atoms with Crippen LogP contribution in [-0.4, -0.2) is 16.2 Å². The zero-order valence-electron chi connectivity index (χ0n) is 10.4. The Morgan fingerprint density at radius 2 is 0.812 bits per heavy atom. The van der Waals surface area contributed by atoms with Crippen LogP contribution in [0.3, 0.4) is 0 Å². The van der Waals surface area contributed by atoms with Gasteiger partial charge < -0.3 is 0 Å². The first-order valence-corrected chi connectivity index (χ1v) is 9.06. The molecule has 6 unspecified atom stereocenters. The average molecular weight is 292 g/mol. The fourth-order valence-electron chi connectivity index (χ4n) is 1.50. The molecule has 0 radical (unpaired) electrons. The Hall–Kier alpha value is 0.940. The summed E-state index contributed by atoms with van der Waals surface area (Å²) >= 11 is 0. The minimum absolute atomic E-state index is 0.151. The van der Waals surface area contributed by atoms with E-state index in [1.165, 1.54) is 0 Å². The zero-order chi connectivity index (χ0) is 12.6. The van der Waals surface area contributed by atoms with E-state index >= 15 is 0 Å². The Bertz CT molecular complexity index is 201. The van der Waals surface area contributed by atoms with Crippen LogP contribution in [0.1, 0.15) is 20.8 Å². The van der Waals surface area contributed by atoms with E-state index in [4.69, 9.17) is 0 Å². The van der Waals surface area contributed by atoms with Gasteiger partial charge in [0.05, 0.1) is 0 Å². The van der Waals surface area contributed by atoms with E-state index in [0.29, 0.717) is 0 Å². The van der Waals surface area contributed by atoms with Crippen LogP contribution in [0.2, 0.25) is 0 Å². The molecule has 0 spiro atoms. The molecule has 1 aromatic carbocycles. The standard InChI is InChI=1S/C6H18P4.C6H6/c1-4(7)10(5(2)8)6(3)9;1-2-4-6-5-3-1/h4-6H,7-9H2,1-3H3;1-6H. The van der Waals surface area contributed by atoms with Crippen LogP contribution < -0.4 is 0 Å². The molecule has 0 aliphatic heterocycles. The van der Waals surface area contributed by atoms with Gasteiger partial charge in [-0.05, 0) is 16.2 Å². The fourth-order valence-corrected chi connectivity index (χ4v) is 10.4. The first-order chi connectivity index (χ1) is 7.46. The predicted molar refractivity (Wildman–Crippen MR) is 90.9 cm³/mol. The minimum Gasteiger partial charge on any atom is -0.130 e. The fraction of sp³-hybridized carbons (Fsp3) is 0.500. The summed E-state index contributed by atoms with van der Waals surface area (Å²) in [5.74, 6) is 0. The molecule has 92 valence electrons. The second-order valence-corrected chi connectivity index (χ2v) is 11.8. The molecule has 0 bridgehead atoms. The molecular formula is C12H24P4. The number of hydrogen-bond donors (Lipinski definition) is 0. The van der Waals surface area contributed by atoms with Gasteiger partial charge >= 0.3 is 0 Å². The van der Waals surface area contributed by atoms with Crippen LogP contribution in [0.5, 0.6) is 0 Å². The molecule has 0 fully saturated rings. The Morgan fingerprint density at radius 1 is 0.625 bits per heavy atom. The van der Waals surface area contributed by atoms with Crippen LogP contribution in [0.25, 0.3) is 0 Å². The highest BCUT2D eigenvalue weighted by molar-refractivity contribution is 7.75. The van der Waals surface area contributed by atoms with Crippen molar-refractivity contribution in [3.05, 3.63) is 36.4 Å². The second kappa shape index (κ2) is 9.92. The summed E-state index contributed by atoms with van der Waals surface area (Å²) in [6, 6.07) is 12.0. The maximum absolute atomic E-state index is 2.91. The molecule has 1 aromatic rings. The third kappa shape index (κ3) is 8.09. The van der Waals surface area contributed by atoms with E-state index in [2.05, 4.69) is 48.5 Å². The molecular weight excluding hydrogens is 268 g/mol. The summed E-state index contributed by atoms with van der Waals surface area (Å²) in [4.78, 5) is 0. The molecule has 1 rings (SSSR count). The van der Waals surface area contributed by atoms with Crippen molar-refractivity contribution in [2.45, 2.75) is 37.0 Å². The van der Waals surface area contributed by atoms with Crippen molar-refractivity contribution in [3.8, 4) is 0 Å². The molecule has 4 heteroatoms. The molecule has 16 heavy (non-hydrogen) atoms. The Labute approximate surface area is 109 Å². The summed E-state index contributed by atoms with van der Waals surface area (Å²) in [6.45, 7) is 6.87. The van der Waals surface area contributed by atoms with Crippen LogP contribution in [0, 0.1) is 0 Å². The molecule has 0 aromatic heterocycles. The third-order valence-corrected chi connectivity index (χ3v) is 8.00. The lowest BCUT2D eigenvalue weighted by Gasteiger charge is -2.28. The predicted octanol–water partition coefficient (Wildman–Crippen LogP) is 4.82. The highest BCUT2D eigenvalue weighted by Gasteiger charge is 2.19. The molecule has 0 heterocycles. The summed E-state index contributed by atoms with van der Waals surface area (Å²) < 4.78 is 0. The SMILES string of the molecule is CC(P)P(C(C)P)C(C)P.c1ccccc1. The van der Waals surface area contributed by atoms with Gasteiger partial charge in [-0.2, -0.15) is 0 Å². The highest BCUT2D eigenvalue weighted by atomic mass is 31.2. The maximum atomic E-state index is 2.91. The third-order valence-electron chi connectivity index (χ3n) is 2.08. The lowest BCUT2D eigenvalue weighted by atomic mass is 10.4. The van der Waals surface area contributed by atoms with Crippen LogP contribution in [-0.2, 0) is 0 Å². The zero-order valence-corrected chi connectivity index (χ0v) is 14.7. The Balaban J connectivity index is 0.000000315. The molecule has 6 atom stereocenters. The average Bonchev–Trinajstić information content (AvgIpc) is 2.19. The molecule has 0 nitrogen and oxygen atoms in total. The molecule has 0 N–H and O–H groups in total. The molecule has 0 aliphatic rings. The van der Waals surface area contributed by atoms with E-state index in [1.807, 2.05) is 36.4 Å². The van der Waals surface area contributed by atoms with Crippen molar-refractivity contribution in [1.29, 1.82) is 0 Å². The van der Waals surface area contributed by atoms with Gasteiger partial charge in [-0.3, -0.25) is 0 Å². The van der Waals surface area contributed by atoms with Crippen LogP contribution in [0.4, 0.5) is 0 Å². The summed E-state index contributed by atoms with van der Waals surface area (Å²) in [7, 11) is 8.89.